The molecule has 0 radical (unpaired) electrons. The maximum absolute atomic E-state index is 13.9. The summed E-state index contributed by atoms with van der Waals surface area (Å²) in [6, 6.07) is 13.5. The Morgan fingerprint density at radius 3 is 2.53 bits per heavy atom. The molecule has 0 bridgehead atoms. The van der Waals surface area contributed by atoms with Gasteiger partial charge in [-0.05, 0) is 54.4 Å². The Labute approximate surface area is 261 Å². The first-order valence-electron chi connectivity index (χ1n) is 14.1. The van der Waals surface area contributed by atoms with Gasteiger partial charge >= 0.3 is 12.2 Å². The summed E-state index contributed by atoms with van der Waals surface area (Å²) in [7, 11) is 0. The van der Waals surface area contributed by atoms with Crippen LogP contribution in [0, 0.1) is 0 Å². The van der Waals surface area contributed by atoms with Gasteiger partial charge in [-0.1, -0.05) is 43.1 Å². The number of urea groups is 1. The average molecular weight is 644 g/mol. The molecular formula is C32H29ClF3N3O6. The Morgan fingerprint density at radius 1 is 0.978 bits per heavy atom. The van der Waals surface area contributed by atoms with E-state index in [2.05, 4.69) is 5.32 Å². The first-order chi connectivity index (χ1) is 21.5. The molecule has 5 rings (SSSR count). The van der Waals surface area contributed by atoms with Crippen molar-refractivity contribution < 1.29 is 36.7 Å². The molecular weight excluding hydrogens is 615 g/mol. The molecule has 236 valence electrons. The van der Waals surface area contributed by atoms with Crippen LogP contribution in [-0.2, 0) is 24.1 Å². The Morgan fingerprint density at radius 2 is 1.76 bits per heavy atom. The van der Waals surface area contributed by atoms with Gasteiger partial charge < -0.3 is 29.0 Å². The third-order valence-corrected chi connectivity index (χ3v) is 7.43. The minimum absolute atomic E-state index is 0.0165. The van der Waals surface area contributed by atoms with Crippen molar-refractivity contribution in [3.8, 4) is 11.5 Å². The van der Waals surface area contributed by atoms with Crippen LogP contribution in [0.15, 0.2) is 76.1 Å². The van der Waals surface area contributed by atoms with E-state index in [9.17, 15) is 27.6 Å². The number of carbonyl (C=O) groups is 2. The van der Waals surface area contributed by atoms with Crippen molar-refractivity contribution in [1.82, 2.24) is 9.80 Å². The normalized spacial score (nSPS) is 12.3. The molecule has 0 atom stereocenters. The summed E-state index contributed by atoms with van der Waals surface area (Å²) >= 11 is 6.10. The quantitative estimate of drug-likeness (QED) is 0.199. The third-order valence-electron chi connectivity index (χ3n) is 7.20. The highest BCUT2D eigenvalue weighted by molar-refractivity contribution is 6.31. The average Bonchev–Trinajstić information content (AvgIpc) is 3.48. The molecule has 1 aliphatic rings. The Bertz CT molecular complexity index is 1780. The van der Waals surface area contributed by atoms with E-state index in [0.29, 0.717) is 40.5 Å². The van der Waals surface area contributed by atoms with Crippen LogP contribution in [0.5, 0.6) is 11.5 Å². The lowest BCUT2D eigenvalue weighted by atomic mass is 10.1. The van der Waals surface area contributed by atoms with E-state index in [0.717, 1.165) is 17.0 Å². The number of rotatable bonds is 10. The van der Waals surface area contributed by atoms with Crippen molar-refractivity contribution >= 4 is 40.2 Å². The zero-order chi connectivity index (χ0) is 32.1. The standard InChI is InChI=1S/C32H29ClF3N3O6/c1-2-3-12-38(31(42)37-25-7-5-4-6-24(25)32(34,35)36)17-29(40)39(15-20-8-10-27-28(13-20)45-19-44-27)16-21-18-43-26-11-9-22(33)14-23(26)30(21)41/h4-11,13-14,18H,2-3,12,15-17,19H2,1H3,(H,37,42). The van der Waals surface area contributed by atoms with Gasteiger partial charge in [0.05, 0.1) is 35.0 Å². The van der Waals surface area contributed by atoms with E-state index in [-0.39, 0.29) is 42.8 Å². The topological polar surface area (TPSA) is 101 Å². The highest BCUT2D eigenvalue weighted by atomic mass is 35.5. The molecule has 0 aliphatic carbocycles. The molecule has 0 saturated heterocycles. The molecule has 2 heterocycles. The number of nitrogens with zero attached hydrogens (tertiary/aromatic N) is 2. The second-order valence-corrected chi connectivity index (χ2v) is 10.9. The lowest BCUT2D eigenvalue weighted by molar-refractivity contribution is -0.137. The summed E-state index contributed by atoms with van der Waals surface area (Å²) in [5.74, 6) is 0.492. The molecule has 9 nitrogen and oxygen atoms in total. The van der Waals surface area contributed by atoms with Gasteiger partial charge in [-0.3, -0.25) is 9.59 Å². The van der Waals surface area contributed by atoms with E-state index < -0.39 is 35.9 Å². The molecule has 45 heavy (non-hydrogen) atoms. The first-order valence-corrected chi connectivity index (χ1v) is 14.5. The summed E-state index contributed by atoms with van der Waals surface area (Å²) in [6.45, 7) is 1.42. The van der Waals surface area contributed by atoms with Gasteiger partial charge in [0.25, 0.3) is 0 Å². The molecule has 1 aliphatic heterocycles. The maximum Gasteiger partial charge on any atom is 0.418 e. The van der Waals surface area contributed by atoms with Crippen LogP contribution in [-0.4, -0.2) is 41.6 Å². The number of unbranched alkanes of at least 4 members (excludes halogenated alkanes) is 1. The molecule has 4 aromatic rings. The SMILES string of the molecule is CCCCN(CC(=O)N(Cc1ccc2c(c1)OCO2)Cc1coc2ccc(Cl)cc2c1=O)C(=O)Nc1ccccc1C(F)(F)F. The predicted octanol–water partition coefficient (Wildman–Crippen LogP) is 7.06. The van der Waals surface area contributed by atoms with Gasteiger partial charge in [0.1, 0.15) is 12.1 Å². The van der Waals surface area contributed by atoms with Crippen LogP contribution in [0.1, 0.15) is 36.5 Å². The largest absolute Gasteiger partial charge is 0.464 e. The number of hydrogen-bond acceptors (Lipinski definition) is 6. The van der Waals surface area contributed by atoms with Crippen molar-refractivity contribution in [3.63, 3.8) is 0 Å². The molecule has 3 amide bonds. The van der Waals surface area contributed by atoms with Crippen LogP contribution in [0.3, 0.4) is 0 Å². The smallest absolute Gasteiger partial charge is 0.418 e. The second kappa shape index (κ2) is 13.5. The summed E-state index contributed by atoms with van der Waals surface area (Å²) in [4.78, 5) is 43.1. The van der Waals surface area contributed by atoms with Crippen LogP contribution in [0.25, 0.3) is 11.0 Å². The number of benzene rings is 3. The number of amides is 3. The molecule has 0 spiro atoms. The Kier molecular flexibility index (Phi) is 9.52. The summed E-state index contributed by atoms with van der Waals surface area (Å²) in [5.41, 5.74) is -0.664. The van der Waals surface area contributed by atoms with Crippen molar-refractivity contribution in [3.05, 3.63) is 98.9 Å². The number of hydrogen-bond donors (Lipinski definition) is 1. The summed E-state index contributed by atoms with van der Waals surface area (Å²) < 4.78 is 57.2. The molecule has 0 saturated carbocycles. The van der Waals surface area contributed by atoms with Gasteiger partial charge in [-0.2, -0.15) is 13.2 Å². The lowest BCUT2D eigenvalue weighted by Crippen LogP contribution is -2.45. The predicted molar refractivity (Wildman–Crippen MR) is 161 cm³/mol. The van der Waals surface area contributed by atoms with E-state index >= 15 is 0 Å². The zero-order valence-corrected chi connectivity index (χ0v) is 24.9. The van der Waals surface area contributed by atoms with Crippen LogP contribution < -0.4 is 20.2 Å². The van der Waals surface area contributed by atoms with Gasteiger partial charge in [0, 0.05) is 18.1 Å². The molecule has 3 aromatic carbocycles. The number of alkyl halides is 3. The van der Waals surface area contributed by atoms with E-state index in [1.807, 2.05) is 6.92 Å². The Hall–Kier alpha value is -4.71. The maximum atomic E-state index is 13.9. The van der Waals surface area contributed by atoms with Crippen LogP contribution >= 0.6 is 11.6 Å². The highest BCUT2D eigenvalue weighted by Gasteiger charge is 2.34. The van der Waals surface area contributed by atoms with E-state index in [4.69, 9.17) is 25.5 Å². The van der Waals surface area contributed by atoms with Crippen LogP contribution in [0.4, 0.5) is 23.7 Å². The monoisotopic (exact) mass is 643 g/mol. The zero-order valence-electron chi connectivity index (χ0n) is 24.2. The van der Waals surface area contributed by atoms with Crippen molar-refractivity contribution in [1.29, 1.82) is 0 Å². The van der Waals surface area contributed by atoms with Gasteiger partial charge in [0.2, 0.25) is 12.7 Å². The summed E-state index contributed by atoms with van der Waals surface area (Å²) in [5, 5.41) is 2.90. The van der Waals surface area contributed by atoms with E-state index in [1.54, 1.807) is 30.3 Å². The first kappa shape index (κ1) is 31.7. The molecule has 0 unspecified atom stereocenters. The fourth-order valence-corrected chi connectivity index (χ4v) is 5.02. The third kappa shape index (κ3) is 7.51. The molecule has 1 N–H and O–H groups in total. The number of para-hydroxylation sites is 1. The van der Waals surface area contributed by atoms with Gasteiger partial charge in [0.15, 0.2) is 16.9 Å². The summed E-state index contributed by atoms with van der Waals surface area (Å²) in [6.07, 6.45) is -2.26. The van der Waals surface area contributed by atoms with Gasteiger partial charge in [-0.15, -0.1) is 0 Å². The number of fused-ring (bicyclic) bond motifs is 2. The molecule has 13 heteroatoms. The Balaban J connectivity index is 1.43. The van der Waals surface area contributed by atoms with Crippen molar-refractivity contribution in [2.24, 2.45) is 0 Å². The number of ether oxygens (including phenoxy) is 2. The molecule has 0 fully saturated rings. The van der Waals surface area contributed by atoms with E-state index in [1.165, 1.54) is 29.4 Å². The number of nitrogens with one attached hydrogen (secondary N) is 1. The second-order valence-electron chi connectivity index (χ2n) is 10.4. The fourth-order valence-electron chi connectivity index (χ4n) is 4.85. The van der Waals surface area contributed by atoms with Crippen LogP contribution in [0.2, 0.25) is 5.02 Å². The minimum Gasteiger partial charge on any atom is -0.464 e. The number of halogens is 4. The minimum atomic E-state index is -4.69. The highest BCUT2D eigenvalue weighted by Crippen LogP contribution is 2.35. The number of anilines is 1. The van der Waals surface area contributed by atoms with Gasteiger partial charge in [-0.25, -0.2) is 4.79 Å². The number of carbonyl (C=O) groups excluding carboxylic acids is 2. The molecule has 1 aromatic heterocycles. The van der Waals surface area contributed by atoms with Crippen molar-refractivity contribution in [2.45, 2.75) is 39.0 Å². The van der Waals surface area contributed by atoms with Crippen molar-refractivity contribution in [2.75, 3.05) is 25.2 Å². The fraction of sp³-hybridized carbons (Fsp3) is 0.281. The lowest BCUT2D eigenvalue weighted by Gasteiger charge is -2.28.